The second kappa shape index (κ2) is 4.63. The summed E-state index contributed by atoms with van der Waals surface area (Å²) in [5.41, 5.74) is 4.40. The molecule has 0 amide bonds. The van der Waals surface area contributed by atoms with Gasteiger partial charge in [0.05, 0.1) is 5.56 Å². The van der Waals surface area contributed by atoms with E-state index in [1.165, 1.54) is 0 Å². The zero-order valence-corrected chi connectivity index (χ0v) is 8.96. The molecule has 0 bridgehead atoms. The lowest BCUT2D eigenvalue weighted by molar-refractivity contribution is 0.0693. The van der Waals surface area contributed by atoms with Crippen LogP contribution in [0, 0.1) is 0 Å². The highest BCUT2D eigenvalue weighted by atomic mass is 79.9. The third kappa shape index (κ3) is 2.29. The van der Waals surface area contributed by atoms with Crippen molar-refractivity contribution in [3.05, 3.63) is 27.5 Å². The van der Waals surface area contributed by atoms with Crippen LogP contribution in [0.25, 0.3) is 0 Å². The summed E-state index contributed by atoms with van der Waals surface area (Å²) < 4.78 is 25.0. The molecular formula is C8H7BrF2N2O2. The molecule has 1 rings (SSSR count). The SMILES string of the molecule is NCc1c(C(F)F)cnc(Br)c1C(=O)O. The van der Waals surface area contributed by atoms with Crippen LogP contribution in [-0.4, -0.2) is 16.1 Å². The van der Waals surface area contributed by atoms with E-state index in [2.05, 4.69) is 20.9 Å². The number of alkyl halides is 2. The fraction of sp³-hybridized carbons (Fsp3) is 0.250. The monoisotopic (exact) mass is 280 g/mol. The van der Waals surface area contributed by atoms with Crippen LogP contribution in [0.3, 0.4) is 0 Å². The number of aromatic nitrogens is 1. The van der Waals surface area contributed by atoms with Crippen LogP contribution in [0.15, 0.2) is 10.8 Å². The molecule has 4 nitrogen and oxygen atoms in total. The van der Waals surface area contributed by atoms with E-state index >= 15 is 0 Å². The van der Waals surface area contributed by atoms with Crippen LogP contribution < -0.4 is 5.73 Å². The predicted octanol–water partition coefficient (Wildman–Crippen LogP) is 1.94. The van der Waals surface area contributed by atoms with Crippen molar-refractivity contribution in [2.45, 2.75) is 13.0 Å². The second-order valence-electron chi connectivity index (χ2n) is 2.67. The number of carboxylic acid groups (broad SMARTS) is 1. The van der Waals surface area contributed by atoms with E-state index in [4.69, 9.17) is 10.8 Å². The van der Waals surface area contributed by atoms with Crippen molar-refractivity contribution in [1.29, 1.82) is 0 Å². The molecule has 0 aliphatic carbocycles. The Morgan fingerprint density at radius 1 is 1.67 bits per heavy atom. The number of nitrogens with zero attached hydrogens (tertiary/aromatic N) is 1. The van der Waals surface area contributed by atoms with Gasteiger partial charge in [-0.05, 0) is 21.5 Å². The van der Waals surface area contributed by atoms with Gasteiger partial charge in [0.2, 0.25) is 0 Å². The highest BCUT2D eigenvalue weighted by Crippen LogP contribution is 2.28. The normalized spacial score (nSPS) is 10.7. The smallest absolute Gasteiger partial charge is 0.338 e. The van der Waals surface area contributed by atoms with Crippen molar-refractivity contribution in [2.75, 3.05) is 0 Å². The number of hydrogen-bond donors (Lipinski definition) is 2. The second-order valence-corrected chi connectivity index (χ2v) is 3.42. The van der Waals surface area contributed by atoms with Crippen molar-refractivity contribution in [3.8, 4) is 0 Å². The first kappa shape index (κ1) is 12.0. The molecule has 15 heavy (non-hydrogen) atoms. The average Bonchev–Trinajstić information content (AvgIpc) is 2.15. The molecular weight excluding hydrogens is 274 g/mol. The Morgan fingerprint density at radius 2 is 2.27 bits per heavy atom. The van der Waals surface area contributed by atoms with E-state index in [-0.39, 0.29) is 22.3 Å². The molecule has 0 fully saturated rings. The average molecular weight is 281 g/mol. The summed E-state index contributed by atoms with van der Waals surface area (Å²) in [5, 5.41) is 8.81. The lowest BCUT2D eigenvalue weighted by Gasteiger charge is -2.10. The van der Waals surface area contributed by atoms with Gasteiger partial charge in [0.1, 0.15) is 4.60 Å². The number of pyridine rings is 1. The Hall–Kier alpha value is -1.08. The van der Waals surface area contributed by atoms with E-state index in [0.29, 0.717) is 0 Å². The van der Waals surface area contributed by atoms with Crippen molar-refractivity contribution < 1.29 is 18.7 Å². The molecule has 0 aromatic carbocycles. The number of rotatable bonds is 3. The summed E-state index contributed by atoms with van der Waals surface area (Å²) in [7, 11) is 0. The Balaban J connectivity index is 3.47. The quantitative estimate of drug-likeness (QED) is 0.830. The van der Waals surface area contributed by atoms with E-state index in [0.717, 1.165) is 6.20 Å². The van der Waals surface area contributed by atoms with Gasteiger partial charge in [0.15, 0.2) is 0 Å². The summed E-state index contributed by atoms with van der Waals surface area (Å²) in [6, 6.07) is 0. The van der Waals surface area contributed by atoms with Crippen molar-refractivity contribution >= 4 is 21.9 Å². The highest BCUT2D eigenvalue weighted by molar-refractivity contribution is 9.10. The number of halogens is 3. The van der Waals surface area contributed by atoms with Gasteiger partial charge in [0, 0.05) is 18.3 Å². The fourth-order valence-corrected chi connectivity index (χ4v) is 1.67. The van der Waals surface area contributed by atoms with Crippen molar-refractivity contribution in [2.24, 2.45) is 5.73 Å². The van der Waals surface area contributed by atoms with Gasteiger partial charge in [-0.25, -0.2) is 18.6 Å². The Labute approximate surface area is 92.2 Å². The molecule has 7 heteroatoms. The van der Waals surface area contributed by atoms with Gasteiger partial charge in [-0.15, -0.1) is 0 Å². The van der Waals surface area contributed by atoms with Gasteiger partial charge in [-0.3, -0.25) is 0 Å². The Morgan fingerprint density at radius 3 is 2.67 bits per heavy atom. The standard InChI is InChI=1S/C8H7BrF2N2O2/c9-6-5(8(14)15)3(1-12)4(2-13-6)7(10)11/h2,7H,1,12H2,(H,14,15). The third-order valence-electron chi connectivity index (χ3n) is 1.83. The Kier molecular flexibility index (Phi) is 3.70. The highest BCUT2D eigenvalue weighted by Gasteiger charge is 2.22. The lowest BCUT2D eigenvalue weighted by Crippen LogP contribution is -2.12. The zero-order chi connectivity index (χ0) is 11.6. The summed E-state index contributed by atoms with van der Waals surface area (Å²) in [6.07, 6.45) is -1.87. The fourth-order valence-electron chi connectivity index (χ4n) is 1.16. The molecule has 0 aliphatic heterocycles. The molecule has 0 saturated heterocycles. The number of hydrogen-bond acceptors (Lipinski definition) is 3. The molecule has 0 atom stereocenters. The third-order valence-corrected chi connectivity index (χ3v) is 2.43. The van der Waals surface area contributed by atoms with E-state index in [1.807, 2.05) is 0 Å². The molecule has 1 aromatic heterocycles. The molecule has 3 N–H and O–H groups in total. The maximum Gasteiger partial charge on any atom is 0.338 e. The van der Waals surface area contributed by atoms with E-state index < -0.39 is 18.0 Å². The lowest BCUT2D eigenvalue weighted by atomic mass is 10.1. The predicted molar refractivity (Wildman–Crippen MR) is 51.7 cm³/mol. The molecule has 1 heterocycles. The van der Waals surface area contributed by atoms with Gasteiger partial charge < -0.3 is 10.8 Å². The van der Waals surface area contributed by atoms with E-state index in [9.17, 15) is 13.6 Å². The molecule has 1 aromatic rings. The van der Waals surface area contributed by atoms with Crippen molar-refractivity contribution in [1.82, 2.24) is 4.98 Å². The van der Waals surface area contributed by atoms with Crippen LogP contribution in [0.4, 0.5) is 8.78 Å². The largest absolute Gasteiger partial charge is 0.478 e. The van der Waals surface area contributed by atoms with Crippen LogP contribution in [-0.2, 0) is 6.54 Å². The van der Waals surface area contributed by atoms with Crippen LogP contribution in [0.1, 0.15) is 27.9 Å². The molecule has 0 radical (unpaired) electrons. The van der Waals surface area contributed by atoms with Crippen LogP contribution in [0.5, 0.6) is 0 Å². The Bertz CT molecular complexity index is 398. The maximum absolute atomic E-state index is 12.5. The van der Waals surface area contributed by atoms with Crippen LogP contribution in [0.2, 0.25) is 0 Å². The van der Waals surface area contributed by atoms with Crippen molar-refractivity contribution in [3.63, 3.8) is 0 Å². The minimum absolute atomic E-state index is 0.000139. The molecule has 0 unspecified atom stereocenters. The number of aromatic carboxylic acids is 1. The number of carboxylic acids is 1. The molecule has 0 aliphatic rings. The molecule has 0 saturated carbocycles. The number of nitrogens with two attached hydrogens (primary N) is 1. The minimum Gasteiger partial charge on any atom is -0.478 e. The summed E-state index contributed by atoms with van der Waals surface area (Å²) in [5.74, 6) is -1.34. The molecule has 82 valence electrons. The number of carbonyl (C=O) groups is 1. The maximum atomic E-state index is 12.5. The van der Waals surface area contributed by atoms with E-state index in [1.54, 1.807) is 0 Å². The van der Waals surface area contributed by atoms with Crippen LogP contribution >= 0.6 is 15.9 Å². The molecule has 0 spiro atoms. The minimum atomic E-state index is -2.79. The topological polar surface area (TPSA) is 76.2 Å². The first-order valence-electron chi connectivity index (χ1n) is 3.87. The summed E-state index contributed by atoms with van der Waals surface area (Å²) >= 11 is 2.88. The first-order chi connectivity index (χ1) is 6.99. The summed E-state index contributed by atoms with van der Waals surface area (Å²) in [4.78, 5) is 14.3. The van der Waals surface area contributed by atoms with Gasteiger partial charge >= 0.3 is 5.97 Å². The zero-order valence-electron chi connectivity index (χ0n) is 7.38. The first-order valence-corrected chi connectivity index (χ1v) is 4.67. The van der Waals surface area contributed by atoms with Gasteiger partial charge in [-0.2, -0.15) is 0 Å². The van der Waals surface area contributed by atoms with Gasteiger partial charge in [-0.1, -0.05) is 0 Å². The van der Waals surface area contributed by atoms with Gasteiger partial charge in [0.25, 0.3) is 6.43 Å². The summed E-state index contributed by atoms with van der Waals surface area (Å²) in [6.45, 7) is -0.275.